The molecule has 4 aromatic rings. The van der Waals surface area contributed by atoms with Crippen LogP contribution < -0.4 is 5.32 Å². The van der Waals surface area contributed by atoms with Crippen molar-refractivity contribution in [1.29, 1.82) is 0 Å². The maximum atomic E-state index is 13.0. The number of esters is 1. The number of methoxy groups -OCH3 is 1. The molecule has 5 nitrogen and oxygen atoms in total. The summed E-state index contributed by atoms with van der Waals surface area (Å²) in [7, 11) is 1.34. The van der Waals surface area contributed by atoms with Crippen molar-refractivity contribution in [3.05, 3.63) is 88.9 Å². The number of ether oxygens (including phenoxy) is 1. The number of benzene rings is 2. The molecule has 0 unspecified atom stereocenters. The first kappa shape index (κ1) is 19.0. The number of hydrogen-bond donors (Lipinski definition) is 1. The number of hydrogen-bond acceptors (Lipinski definition) is 4. The van der Waals surface area contributed by atoms with E-state index in [4.69, 9.17) is 4.74 Å². The summed E-state index contributed by atoms with van der Waals surface area (Å²) in [6, 6.07) is 20.9. The highest BCUT2D eigenvalue weighted by molar-refractivity contribution is 7.17. The third-order valence-corrected chi connectivity index (χ3v) is 5.64. The zero-order valence-electron chi connectivity index (χ0n) is 15.9. The number of aromatic nitrogens is 1. The van der Waals surface area contributed by atoms with Gasteiger partial charge in [-0.25, -0.2) is 4.79 Å². The van der Waals surface area contributed by atoms with Gasteiger partial charge in [0.1, 0.15) is 5.69 Å². The minimum atomic E-state index is -0.405. The summed E-state index contributed by atoms with van der Waals surface area (Å²) >= 11 is 1.62. The van der Waals surface area contributed by atoms with Crippen LogP contribution in [-0.2, 0) is 17.7 Å². The van der Waals surface area contributed by atoms with E-state index in [9.17, 15) is 9.59 Å². The molecule has 1 N–H and O–H groups in total. The van der Waals surface area contributed by atoms with Crippen LogP contribution in [0, 0.1) is 0 Å². The summed E-state index contributed by atoms with van der Waals surface area (Å²) in [5, 5.41) is 4.96. The average Bonchev–Trinajstić information content (AvgIpc) is 3.34. The van der Waals surface area contributed by atoms with Gasteiger partial charge in [-0.2, -0.15) is 0 Å². The Kier molecular flexibility index (Phi) is 5.44. The van der Waals surface area contributed by atoms with Gasteiger partial charge in [-0.3, -0.25) is 4.79 Å². The smallest absolute Gasteiger partial charge is 0.337 e. The van der Waals surface area contributed by atoms with E-state index in [2.05, 4.69) is 22.0 Å². The van der Waals surface area contributed by atoms with E-state index >= 15 is 0 Å². The second-order valence-corrected chi connectivity index (χ2v) is 7.56. The van der Waals surface area contributed by atoms with Gasteiger partial charge in [-0.15, -0.1) is 11.3 Å². The van der Waals surface area contributed by atoms with Crippen molar-refractivity contribution < 1.29 is 14.3 Å². The summed E-state index contributed by atoms with van der Waals surface area (Å²) < 4.78 is 7.86. The molecule has 2 aromatic heterocycles. The van der Waals surface area contributed by atoms with Gasteiger partial charge >= 0.3 is 5.97 Å². The van der Waals surface area contributed by atoms with Gasteiger partial charge in [0.25, 0.3) is 5.91 Å². The monoisotopic (exact) mass is 404 g/mol. The molecule has 2 heterocycles. The number of nitrogens with zero attached hydrogens (tertiary/aromatic N) is 1. The minimum absolute atomic E-state index is 0.174. The molecule has 0 bridgehead atoms. The van der Waals surface area contributed by atoms with Crippen LogP contribution in [0.1, 0.15) is 26.4 Å². The maximum Gasteiger partial charge on any atom is 0.337 e. The molecular weight excluding hydrogens is 384 g/mol. The molecule has 29 heavy (non-hydrogen) atoms. The van der Waals surface area contributed by atoms with Gasteiger partial charge in [0.05, 0.1) is 22.9 Å². The molecule has 0 saturated carbocycles. The molecule has 146 valence electrons. The Labute approximate surface area is 172 Å². The molecule has 0 aliphatic carbocycles. The lowest BCUT2D eigenvalue weighted by molar-refractivity contribution is 0.0600. The fourth-order valence-corrected chi connectivity index (χ4v) is 4.12. The van der Waals surface area contributed by atoms with Crippen molar-refractivity contribution >= 4 is 39.1 Å². The van der Waals surface area contributed by atoms with Crippen LogP contribution in [-0.4, -0.2) is 23.6 Å². The molecule has 2 aromatic carbocycles. The number of nitrogens with one attached hydrogen (secondary N) is 1. The first-order valence-corrected chi connectivity index (χ1v) is 10.1. The number of carbonyl (C=O) groups is 2. The number of aryl methyl sites for hydroxylation is 2. The highest BCUT2D eigenvalue weighted by Gasteiger charge is 2.17. The van der Waals surface area contributed by atoms with Crippen LogP contribution in [0.15, 0.2) is 72.1 Å². The van der Waals surface area contributed by atoms with Crippen molar-refractivity contribution in [1.82, 2.24) is 4.57 Å². The molecule has 0 radical (unpaired) electrons. The predicted molar refractivity (Wildman–Crippen MR) is 116 cm³/mol. The largest absolute Gasteiger partial charge is 0.465 e. The number of fused-ring (bicyclic) bond motifs is 1. The Bertz CT molecular complexity index is 1140. The lowest BCUT2D eigenvalue weighted by atomic mass is 10.1. The molecule has 0 aliphatic heterocycles. The van der Waals surface area contributed by atoms with E-state index in [-0.39, 0.29) is 5.91 Å². The molecule has 6 heteroatoms. The van der Waals surface area contributed by atoms with Crippen LogP contribution in [0.2, 0.25) is 0 Å². The molecule has 0 aliphatic rings. The molecule has 1 amide bonds. The molecular formula is C23H20N2O3S. The molecule has 0 spiro atoms. The Hall–Kier alpha value is -3.38. The third kappa shape index (κ3) is 4.07. The van der Waals surface area contributed by atoms with Gasteiger partial charge < -0.3 is 14.6 Å². The number of thiophene rings is 1. The van der Waals surface area contributed by atoms with E-state index in [1.165, 1.54) is 12.7 Å². The van der Waals surface area contributed by atoms with Crippen LogP contribution in [0.3, 0.4) is 0 Å². The Morgan fingerprint density at radius 1 is 1.03 bits per heavy atom. The minimum Gasteiger partial charge on any atom is -0.465 e. The fraction of sp³-hybridized carbons (Fsp3) is 0.130. The van der Waals surface area contributed by atoms with Gasteiger partial charge in [-0.05, 0) is 53.8 Å². The molecule has 0 fully saturated rings. The summed E-state index contributed by atoms with van der Waals surface area (Å²) in [6.07, 6.45) is 0.842. The lowest BCUT2D eigenvalue weighted by Gasteiger charge is -2.11. The first-order chi connectivity index (χ1) is 14.2. The van der Waals surface area contributed by atoms with Crippen molar-refractivity contribution in [2.75, 3.05) is 12.4 Å². The first-order valence-electron chi connectivity index (χ1n) is 9.26. The van der Waals surface area contributed by atoms with E-state index in [0.29, 0.717) is 23.5 Å². The summed E-state index contributed by atoms with van der Waals surface area (Å²) in [4.78, 5) is 24.5. The Balaban J connectivity index is 1.55. The van der Waals surface area contributed by atoms with Gasteiger partial charge in [0, 0.05) is 12.2 Å². The predicted octanol–water partition coefficient (Wildman–Crippen LogP) is 4.98. The topological polar surface area (TPSA) is 60.3 Å². The van der Waals surface area contributed by atoms with Crippen LogP contribution >= 0.6 is 11.3 Å². The summed E-state index contributed by atoms with van der Waals surface area (Å²) in [6.45, 7) is 0.717. The Morgan fingerprint density at radius 3 is 2.52 bits per heavy atom. The fourth-order valence-electron chi connectivity index (χ4n) is 3.29. The standard InChI is InChI=1S/C23H20N2O3S/c1-28-23(27)17-7-9-18(10-8-17)24-22(26)20-15-21-19(12-14-29-21)25(20)13-11-16-5-3-2-4-6-16/h2-10,12,14-15H,11,13H2,1H3,(H,24,26). The lowest BCUT2D eigenvalue weighted by Crippen LogP contribution is -2.18. The van der Waals surface area contributed by atoms with Crippen LogP contribution in [0.4, 0.5) is 5.69 Å². The van der Waals surface area contributed by atoms with E-state index in [0.717, 1.165) is 16.6 Å². The Morgan fingerprint density at radius 2 is 1.79 bits per heavy atom. The van der Waals surface area contributed by atoms with Gasteiger partial charge in [-0.1, -0.05) is 30.3 Å². The zero-order chi connectivity index (χ0) is 20.2. The highest BCUT2D eigenvalue weighted by atomic mass is 32.1. The maximum absolute atomic E-state index is 13.0. The van der Waals surface area contributed by atoms with Crippen LogP contribution in [0.5, 0.6) is 0 Å². The van der Waals surface area contributed by atoms with Crippen molar-refractivity contribution in [3.8, 4) is 0 Å². The van der Waals surface area contributed by atoms with Gasteiger partial charge in [0.2, 0.25) is 0 Å². The third-order valence-electron chi connectivity index (χ3n) is 4.79. The zero-order valence-corrected chi connectivity index (χ0v) is 16.7. The quantitative estimate of drug-likeness (QED) is 0.461. The van der Waals surface area contributed by atoms with Gasteiger partial charge in [0.15, 0.2) is 0 Å². The van der Waals surface area contributed by atoms with Crippen molar-refractivity contribution in [2.24, 2.45) is 0 Å². The number of carbonyl (C=O) groups excluding carboxylic acids is 2. The van der Waals surface area contributed by atoms with E-state index in [1.54, 1.807) is 35.6 Å². The second-order valence-electron chi connectivity index (χ2n) is 6.61. The number of amides is 1. The average molecular weight is 404 g/mol. The van der Waals surface area contributed by atoms with E-state index < -0.39 is 5.97 Å². The number of anilines is 1. The number of rotatable bonds is 6. The highest BCUT2D eigenvalue weighted by Crippen LogP contribution is 2.26. The van der Waals surface area contributed by atoms with Crippen molar-refractivity contribution in [2.45, 2.75) is 13.0 Å². The summed E-state index contributed by atoms with van der Waals surface area (Å²) in [5.74, 6) is -0.579. The molecule has 4 rings (SSSR count). The molecule has 0 saturated heterocycles. The van der Waals surface area contributed by atoms with Crippen molar-refractivity contribution in [3.63, 3.8) is 0 Å². The second kappa shape index (κ2) is 8.32. The van der Waals surface area contributed by atoms with E-state index in [1.807, 2.05) is 35.7 Å². The molecule has 0 atom stereocenters. The summed E-state index contributed by atoms with van der Waals surface area (Å²) in [5.41, 5.74) is 3.99. The normalized spacial score (nSPS) is 10.8. The SMILES string of the molecule is COC(=O)c1ccc(NC(=O)c2cc3sccc3n2CCc2ccccc2)cc1. The van der Waals surface area contributed by atoms with Crippen LogP contribution in [0.25, 0.3) is 10.2 Å².